The van der Waals surface area contributed by atoms with Crippen LogP contribution in [0.2, 0.25) is 0 Å². The fourth-order valence-corrected chi connectivity index (χ4v) is 2.36. The summed E-state index contributed by atoms with van der Waals surface area (Å²) in [4.78, 5) is 11.6. The molecule has 17 heavy (non-hydrogen) atoms. The molecule has 0 saturated carbocycles. The Hall–Kier alpha value is -0.930. The molecule has 0 unspecified atom stereocenters. The van der Waals surface area contributed by atoms with Gasteiger partial charge < -0.3 is 0 Å². The van der Waals surface area contributed by atoms with Crippen LogP contribution in [0.4, 0.5) is 0 Å². The Labute approximate surface area is 111 Å². The summed E-state index contributed by atoms with van der Waals surface area (Å²) < 4.78 is 1.03. The zero-order valence-corrected chi connectivity index (χ0v) is 11.9. The molecule has 1 aromatic carbocycles. The third-order valence-corrected chi connectivity index (χ3v) is 4.22. The van der Waals surface area contributed by atoms with Gasteiger partial charge in [-0.2, -0.15) is 0 Å². The lowest BCUT2D eigenvalue weighted by atomic mass is 10.1. The molecule has 1 aromatic rings. The van der Waals surface area contributed by atoms with Crippen molar-refractivity contribution in [3.63, 3.8) is 0 Å². The van der Waals surface area contributed by atoms with Gasteiger partial charge in [-0.25, -0.2) is 0 Å². The first kappa shape index (κ1) is 14.1. The van der Waals surface area contributed by atoms with Crippen molar-refractivity contribution in [2.45, 2.75) is 6.92 Å². The summed E-state index contributed by atoms with van der Waals surface area (Å²) in [6.07, 6.45) is 9.06. The van der Waals surface area contributed by atoms with Gasteiger partial charge in [0.05, 0.1) is 0 Å². The maximum Gasteiger partial charge on any atom is 0.180 e. The Balaban J connectivity index is 2.68. The Kier molecular flexibility index (Phi) is 6.16. The molecule has 0 aromatic heterocycles. The highest BCUT2D eigenvalue weighted by molar-refractivity contribution is 8.21. The molecule has 0 amide bonds. The maximum absolute atomic E-state index is 11.6. The van der Waals surface area contributed by atoms with Crippen LogP contribution in [0.15, 0.2) is 40.7 Å². The lowest BCUT2D eigenvalue weighted by molar-refractivity contribution is -0.110. The van der Waals surface area contributed by atoms with E-state index in [1.54, 1.807) is 35.7 Å². The van der Waals surface area contributed by atoms with Crippen LogP contribution in [0.5, 0.6) is 0 Å². The Morgan fingerprint density at radius 2 is 1.71 bits per heavy atom. The Morgan fingerprint density at radius 3 is 2.24 bits per heavy atom. The minimum absolute atomic E-state index is 0.0317. The predicted octanol–water partition coefficient (Wildman–Crippen LogP) is 4.14. The fraction of sp³-hybridized carbons (Fsp3) is 0.214. The predicted molar refractivity (Wildman–Crippen MR) is 80.3 cm³/mol. The molecule has 0 radical (unpaired) electrons. The van der Waals surface area contributed by atoms with Gasteiger partial charge in [0.25, 0.3) is 0 Å². The molecule has 3 heteroatoms. The molecule has 0 bridgehead atoms. The largest absolute Gasteiger partial charge is 0.290 e. The van der Waals surface area contributed by atoms with Gasteiger partial charge in [-0.3, -0.25) is 4.79 Å². The normalized spacial score (nSPS) is 10.5. The molecule has 1 nitrogen and oxygen atoms in total. The highest BCUT2D eigenvalue weighted by Gasteiger charge is 1.96. The average Bonchev–Trinajstić information content (AvgIpc) is 2.35. The number of hydrogen-bond donors (Lipinski definition) is 0. The topological polar surface area (TPSA) is 17.1 Å². The first-order valence-corrected chi connectivity index (χ1v) is 7.69. The molecule has 90 valence electrons. The third-order valence-electron chi connectivity index (χ3n) is 2.18. The quantitative estimate of drug-likeness (QED) is 0.744. The second kappa shape index (κ2) is 7.41. The number of rotatable bonds is 5. The number of ketones is 1. The van der Waals surface area contributed by atoms with E-state index in [9.17, 15) is 4.79 Å². The second-order valence-corrected chi connectivity index (χ2v) is 5.47. The number of aryl methyl sites for hydroxylation is 1. The smallest absolute Gasteiger partial charge is 0.180 e. The van der Waals surface area contributed by atoms with E-state index in [0.29, 0.717) is 0 Å². The second-order valence-electron chi connectivity index (χ2n) is 3.52. The monoisotopic (exact) mass is 264 g/mol. The summed E-state index contributed by atoms with van der Waals surface area (Å²) in [6.45, 7) is 2.05. The SMILES string of the molecule is CSC(=CC(=O)C=Cc1ccc(C)cc1)SC. The van der Waals surface area contributed by atoms with Crippen molar-refractivity contribution in [2.24, 2.45) is 0 Å². The van der Waals surface area contributed by atoms with Crippen LogP contribution in [0.3, 0.4) is 0 Å². The number of carbonyl (C=O) groups is 1. The van der Waals surface area contributed by atoms with Crippen LogP contribution >= 0.6 is 23.5 Å². The summed E-state index contributed by atoms with van der Waals surface area (Å²) in [5, 5.41) is 0. The van der Waals surface area contributed by atoms with Crippen LogP contribution in [-0.2, 0) is 4.79 Å². The van der Waals surface area contributed by atoms with Crippen molar-refractivity contribution in [3.8, 4) is 0 Å². The molecule has 0 aliphatic heterocycles. The van der Waals surface area contributed by atoms with Crippen molar-refractivity contribution in [2.75, 3.05) is 12.5 Å². The van der Waals surface area contributed by atoms with Gasteiger partial charge >= 0.3 is 0 Å². The van der Waals surface area contributed by atoms with Gasteiger partial charge in [-0.15, -0.1) is 23.5 Å². The summed E-state index contributed by atoms with van der Waals surface area (Å²) in [6, 6.07) is 8.09. The summed E-state index contributed by atoms with van der Waals surface area (Å²) in [7, 11) is 0. The van der Waals surface area contributed by atoms with E-state index in [2.05, 4.69) is 0 Å². The van der Waals surface area contributed by atoms with Crippen molar-refractivity contribution >= 4 is 35.4 Å². The zero-order valence-electron chi connectivity index (χ0n) is 10.3. The molecule has 0 heterocycles. The lowest BCUT2D eigenvalue weighted by Gasteiger charge is -1.96. The van der Waals surface area contributed by atoms with Gasteiger partial charge in [0.15, 0.2) is 5.78 Å². The molecule has 0 aliphatic rings. The minimum atomic E-state index is 0.0317. The van der Waals surface area contributed by atoms with E-state index < -0.39 is 0 Å². The average molecular weight is 264 g/mol. The van der Waals surface area contributed by atoms with Crippen molar-refractivity contribution in [1.29, 1.82) is 0 Å². The van der Waals surface area contributed by atoms with Crippen LogP contribution in [0.25, 0.3) is 6.08 Å². The Morgan fingerprint density at radius 1 is 1.12 bits per heavy atom. The highest BCUT2D eigenvalue weighted by atomic mass is 32.2. The number of allylic oxidation sites excluding steroid dienone is 2. The first-order valence-electron chi connectivity index (χ1n) is 5.24. The minimum Gasteiger partial charge on any atom is -0.290 e. The molecule has 0 fully saturated rings. The maximum atomic E-state index is 11.6. The van der Waals surface area contributed by atoms with Gasteiger partial charge in [0.1, 0.15) is 0 Å². The molecule has 0 saturated heterocycles. The van der Waals surface area contributed by atoms with E-state index in [-0.39, 0.29) is 5.78 Å². The van der Waals surface area contributed by atoms with E-state index >= 15 is 0 Å². The fourth-order valence-electron chi connectivity index (χ4n) is 1.22. The molecule has 1 rings (SSSR count). The van der Waals surface area contributed by atoms with E-state index in [4.69, 9.17) is 0 Å². The van der Waals surface area contributed by atoms with Gasteiger partial charge in [0.2, 0.25) is 0 Å². The molecular formula is C14H16OS2. The van der Waals surface area contributed by atoms with Crippen LogP contribution in [-0.4, -0.2) is 18.3 Å². The van der Waals surface area contributed by atoms with Crippen molar-refractivity contribution in [1.82, 2.24) is 0 Å². The summed E-state index contributed by atoms with van der Waals surface area (Å²) >= 11 is 3.18. The van der Waals surface area contributed by atoms with E-state index in [1.807, 2.05) is 49.8 Å². The number of carbonyl (C=O) groups excluding carboxylic acids is 1. The molecule has 0 spiro atoms. The van der Waals surface area contributed by atoms with Gasteiger partial charge in [-0.1, -0.05) is 35.9 Å². The van der Waals surface area contributed by atoms with Crippen LogP contribution in [0, 0.1) is 6.92 Å². The van der Waals surface area contributed by atoms with Gasteiger partial charge in [-0.05, 0) is 31.1 Å². The van der Waals surface area contributed by atoms with Crippen LogP contribution in [0.1, 0.15) is 11.1 Å². The molecule has 0 atom stereocenters. The molecule has 0 aliphatic carbocycles. The zero-order chi connectivity index (χ0) is 12.7. The number of hydrogen-bond acceptors (Lipinski definition) is 3. The standard InChI is InChI=1S/C14H16OS2/c1-11-4-6-12(7-5-11)8-9-13(15)10-14(16-2)17-3/h4-10H,1-3H3. The van der Waals surface area contributed by atoms with Gasteiger partial charge in [0, 0.05) is 10.3 Å². The third kappa shape index (κ3) is 5.29. The summed E-state index contributed by atoms with van der Waals surface area (Å²) in [5.74, 6) is 0.0317. The van der Waals surface area contributed by atoms with E-state index in [0.717, 1.165) is 9.80 Å². The van der Waals surface area contributed by atoms with E-state index in [1.165, 1.54) is 5.56 Å². The Bertz CT molecular complexity index is 424. The highest BCUT2D eigenvalue weighted by Crippen LogP contribution is 2.23. The number of benzene rings is 1. The molecule has 0 N–H and O–H groups in total. The van der Waals surface area contributed by atoms with Crippen molar-refractivity contribution < 1.29 is 4.79 Å². The van der Waals surface area contributed by atoms with Crippen LogP contribution < -0.4 is 0 Å². The summed E-state index contributed by atoms with van der Waals surface area (Å²) in [5.41, 5.74) is 2.27. The number of thioether (sulfide) groups is 2. The van der Waals surface area contributed by atoms with Crippen molar-refractivity contribution in [3.05, 3.63) is 51.8 Å². The molecular weight excluding hydrogens is 248 g/mol. The first-order chi connectivity index (χ1) is 8.15. The lowest BCUT2D eigenvalue weighted by Crippen LogP contribution is -1.86.